The van der Waals surface area contributed by atoms with Gasteiger partial charge in [-0.25, -0.2) is 0 Å². The van der Waals surface area contributed by atoms with Gasteiger partial charge >= 0.3 is 0 Å². The van der Waals surface area contributed by atoms with Gasteiger partial charge in [0.2, 0.25) is 0 Å². The summed E-state index contributed by atoms with van der Waals surface area (Å²) in [6, 6.07) is 0. The molecule has 0 spiro atoms. The smallest absolute Gasteiger partial charge is 0.0622 e. The normalized spacial score (nSPS) is 12.0. The maximum atomic E-state index is 2.60. The lowest BCUT2D eigenvalue weighted by atomic mass is 10.1. The SMILES string of the molecule is CCCCCC(N(CC)CC)N(CC)CC. The van der Waals surface area contributed by atoms with Crippen LogP contribution in [0.3, 0.4) is 0 Å². The van der Waals surface area contributed by atoms with E-state index in [2.05, 4.69) is 44.4 Å². The minimum Gasteiger partial charge on any atom is -0.288 e. The van der Waals surface area contributed by atoms with E-state index in [1.54, 1.807) is 0 Å². The topological polar surface area (TPSA) is 6.48 Å². The Hall–Kier alpha value is -0.0800. The molecular weight excluding hydrogens is 196 g/mol. The molecule has 16 heavy (non-hydrogen) atoms. The fourth-order valence-corrected chi connectivity index (χ4v) is 2.46. The highest BCUT2D eigenvalue weighted by Crippen LogP contribution is 2.14. The molecule has 2 heteroatoms. The van der Waals surface area contributed by atoms with E-state index in [1.165, 1.54) is 51.9 Å². The van der Waals surface area contributed by atoms with Crippen LogP contribution in [-0.4, -0.2) is 42.1 Å². The average molecular weight is 228 g/mol. The van der Waals surface area contributed by atoms with Crippen molar-refractivity contribution in [3.63, 3.8) is 0 Å². The second-order valence-corrected chi connectivity index (χ2v) is 4.42. The third kappa shape index (κ3) is 5.31. The second kappa shape index (κ2) is 10.1. The molecule has 0 aliphatic rings. The van der Waals surface area contributed by atoms with Crippen LogP contribution in [0.15, 0.2) is 0 Å². The molecule has 2 nitrogen and oxygen atoms in total. The summed E-state index contributed by atoms with van der Waals surface area (Å²) in [5, 5.41) is 0. The standard InChI is InChI=1S/C14H32N2/c1-6-11-12-13-14(15(7-2)8-3)16(9-4)10-5/h14H,6-13H2,1-5H3. The molecule has 0 radical (unpaired) electrons. The molecule has 98 valence electrons. The number of rotatable bonds is 10. The van der Waals surface area contributed by atoms with E-state index in [4.69, 9.17) is 0 Å². The molecule has 0 atom stereocenters. The van der Waals surface area contributed by atoms with Gasteiger partial charge in [0.1, 0.15) is 0 Å². The van der Waals surface area contributed by atoms with Crippen molar-refractivity contribution in [3.8, 4) is 0 Å². The lowest BCUT2D eigenvalue weighted by Gasteiger charge is -2.38. The minimum atomic E-state index is 0.663. The number of hydrogen-bond donors (Lipinski definition) is 0. The van der Waals surface area contributed by atoms with E-state index in [0.29, 0.717) is 6.17 Å². The highest BCUT2D eigenvalue weighted by Gasteiger charge is 2.20. The molecule has 0 saturated carbocycles. The first-order valence-corrected chi connectivity index (χ1v) is 7.23. The van der Waals surface area contributed by atoms with E-state index in [1.807, 2.05) is 0 Å². The highest BCUT2D eigenvalue weighted by atomic mass is 15.3. The first-order chi connectivity index (χ1) is 7.74. The van der Waals surface area contributed by atoms with Gasteiger partial charge in [-0.3, -0.25) is 9.80 Å². The summed E-state index contributed by atoms with van der Waals surface area (Å²) < 4.78 is 0. The van der Waals surface area contributed by atoms with E-state index < -0.39 is 0 Å². The van der Waals surface area contributed by atoms with Crippen LogP contribution in [0.2, 0.25) is 0 Å². The Morgan fingerprint density at radius 3 is 1.44 bits per heavy atom. The first-order valence-electron chi connectivity index (χ1n) is 7.23. The molecule has 0 fully saturated rings. The van der Waals surface area contributed by atoms with Crippen LogP contribution in [-0.2, 0) is 0 Å². The van der Waals surface area contributed by atoms with Gasteiger partial charge in [-0.15, -0.1) is 0 Å². The van der Waals surface area contributed by atoms with Crippen molar-refractivity contribution < 1.29 is 0 Å². The Bertz CT molecular complexity index is 128. The van der Waals surface area contributed by atoms with E-state index >= 15 is 0 Å². The lowest BCUT2D eigenvalue weighted by Crippen LogP contribution is -2.48. The predicted octanol–water partition coefficient (Wildman–Crippen LogP) is 3.58. The largest absolute Gasteiger partial charge is 0.288 e. The van der Waals surface area contributed by atoms with E-state index in [-0.39, 0.29) is 0 Å². The Morgan fingerprint density at radius 2 is 1.12 bits per heavy atom. The fraction of sp³-hybridized carbons (Fsp3) is 1.00. The van der Waals surface area contributed by atoms with Gasteiger partial charge < -0.3 is 0 Å². The quantitative estimate of drug-likeness (QED) is 0.416. The van der Waals surface area contributed by atoms with Crippen molar-refractivity contribution in [1.29, 1.82) is 0 Å². The van der Waals surface area contributed by atoms with Crippen molar-refractivity contribution in [1.82, 2.24) is 9.80 Å². The monoisotopic (exact) mass is 228 g/mol. The summed E-state index contributed by atoms with van der Waals surface area (Å²) >= 11 is 0. The molecule has 0 aliphatic heterocycles. The summed E-state index contributed by atoms with van der Waals surface area (Å²) in [5.41, 5.74) is 0. The van der Waals surface area contributed by atoms with E-state index in [0.717, 1.165) is 0 Å². The van der Waals surface area contributed by atoms with Crippen LogP contribution in [0.5, 0.6) is 0 Å². The molecule has 0 unspecified atom stereocenters. The summed E-state index contributed by atoms with van der Waals surface area (Å²) in [7, 11) is 0. The van der Waals surface area contributed by atoms with Crippen molar-refractivity contribution in [2.24, 2.45) is 0 Å². The molecule has 0 rings (SSSR count). The molecule has 0 aliphatic carbocycles. The molecular formula is C14H32N2. The molecule has 0 aromatic rings. The van der Waals surface area contributed by atoms with Gasteiger partial charge in [-0.1, -0.05) is 53.9 Å². The average Bonchev–Trinajstić information content (AvgIpc) is 2.31. The number of unbranched alkanes of at least 4 members (excludes halogenated alkanes) is 2. The van der Waals surface area contributed by atoms with Crippen LogP contribution in [0, 0.1) is 0 Å². The summed E-state index contributed by atoms with van der Waals surface area (Å²) in [6.07, 6.45) is 6.06. The Labute approximate surface area is 103 Å². The number of nitrogens with zero attached hydrogens (tertiary/aromatic N) is 2. The predicted molar refractivity (Wildman–Crippen MR) is 73.8 cm³/mol. The van der Waals surface area contributed by atoms with Gasteiger partial charge in [0.15, 0.2) is 0 Å². The highest BCUT2D eigenvalue weighted by molar-refractivity contribution is 4.70. The van der Waals surface area contributed by atoms with Crippen molar-refractivity contribution in [2.75, 3.05) is 26.2 Å². The van der Waals surface area contributed by atoms with Crippen LogP contribution >= 0.6 is 0 Å². The van der Waals surface area contributed by atoms with Gasteiger partial charge in [-0.05, 0) is 32.6 Å². The van der Waals surface area contributed by atoms with Gasteiger partial charge in [0.05, 0.1) is 6.17 Å². The van der Waals surface area contributed by atoms with Gasteiger partial charge in [0, 0.05) is 0 Å². The third-order valence-electron chi connectivity index (χ3n) is 3.53. The third-order valence-corrected chi connectivity index (χ3v) is 3.53. The Morgan fingerprint density at radius 1 is 0.688 bits per heavy atom. The van der Waals surface area contributed by atoms with Crippen LogP contribution in [0.4, 0.5) is 0 Å². The minimum absolute atomic E-state index is 0.663. The van der Waals surface area contributed by atoms with E-state index in [9.17, 15) is 0 Å². The Kier molecular flexibility index (Phi) is 10.0. The van der Waals surface area contributed by atoms with Crippen molar-refractivity contribution in [2.45, 2.75) is 66.5 Å². The zero-order valence-corrected chi connectivity index (χ0v) is 12.1. The maximum absolute atomic E-state index is 2.60. The summed E-state index contributed by atoms with van der Waals surface area (Å²) in [4.78, 5) is 5.20. The summed E-state index contributed by atoms with van der Waals surface area (Å²) in [5.74, 6) is 0. The van der Waals surface area contributed by atoms with Gasteiger partial charge in [0.25, 0.3) is 0 Å². The summed E-state index contributed by atoms with van der Waals surface area (Å²) in [6.45, 7) is 16.1. The maximum Gasteiger partial charge on any atom is 0.0622 e. The molecule has 0 aromatic carbocycles. The van der Waals surface area contributed by atoms with Crippen LogP contribution in [0.1, 0.15) is 60.3 Å². The molecule has 0 saturated heterocycles. The van der Waals surface area contributed by atoms with Gasteiger partial charge in [-0.2, -0.15) is 0 Å². The molecule has 0 N–H and O–H groups in total. The zero-order chi connectivity index (χ0) is 12.4. The van der Waals surface area contributed by atoms with Crippen LogP contribution < -0.4 is 0 Å². The lowest BCUT2D eigenvalue weighted by molar-refractivity contribution is 0.0483. The van der Waals surface area contributed by atoms with Crippen LogP contribution in [0.25, 0.3) is 0 Å². The van der Waals surface area contributed by atoms with Crippen molar-refractivity contribution in [3.05, 3.63) is 0 Å². The molecule has 0 heterocycles. The Balaban J connectivity index is 4.34. The molecule has 0 amide bonds. The number of hydrogen-bond acceptors (Lipinski definition) is 2. The second-order valence-electron chi connectivity index (χ2n) is 4.42. The molecule has 0 bridgehead atoms. The molecule has 0 aromatic heterocycles. The van der Waals surface area contributed by atoms with Crippen molar-refractivity contribution >= 4 is 0 Å². The fourth-order valence-electron chi connectivity index (χ4n) is 2.46. The zero-order valence-electron chi connectivity index (χ0n) is 12.1. The first kappa shape index (κ1) is 15.9.